The van der Waals surface area contributed by atoms with Gasteiger partial charge in [-0.2, -0.15) is 0 Å². The smallest absolute Gasteiger partial charge is 0.243 e. The molecular formula is C23H28N2O2. The summed E-state index contributed by atoms with van der Waals surface area (Å²) < 4.78 is 0. The molecule has 27 heavy (non-hydrogen) atoms. The predicted molar refractivity (Wildman–Crippen MR) is 108 cm³/mol. The second-order valence-corrected chi connectivity index (χ2v) is 7.56. The van der Waals surface area contributed by atoms with E-state index in [1.807, 2.05) is 39.0 Å². The Bertz CT molecular complexity index is 784. The lowest BCUT2D eigenvalue weighted by Gasteiger charge is -2.27. The van der Waals surface area contributed by atoms with Gasteiger partial charge < -0.3 is 10.2 Å². The van der Waals surface area contributed by atoms with Crippen LogP contribution in [0.4, 0.5) is 0 Å². The summed E-state index contributed by atoms with van der Waals surface area (Å²) in [5.41, 5.74) is 3.39. The van der Waals surface area contributed by atoms with Crippen LogP contribution in [0, 0.1) is 5.92 Å². The highest BCUT2D eigenvalue weighted by Gasteiger charge is 2.35. The van der Waals surface area contributed by atoms with Crippen LogP contribution in [0.3, 0.4) is 0 Å². The Morgan fingerprint density at radius 3 is 2.22 bits per heavy atom. The number of carbonyl (C=O) groups is 2. The SMILES string of the molecule is CC(C)C(=O)N1CCCC1C(=O)NC(C)c1ccc(-c2ccccc2)cc1. The molecule has 0 radical (unpaired) electrons. The van der Waals surface area contributed by atoms with Gasteiger partial charge in [0.1, 0.15) is 6.04 Å². The summed E-state index contributed by atoms with van der Waals surface area (Å²) >= 11 is 0. The zero-order valence-corrected chi connectivity index (χ0v) is 16.3. The third-order valence-corrected chi connectivity index (χ3v) is 5.21. The quantitative estimate of drug-likeness (QED) is 0.865. The summed E-state index contributed by atoms with van der Waals surface area (Å²) in [6.07, 6.45) is 1.63. The number of hydrogen-bond donors (Lipinski definition) is 1. The fraction of sp³-hybridized carbons (Fsp3) is 0.391. The fourth-order valence-electron chi connectivity index (χ4n) is 3.62. The standard InChI is InChI=1S/C23H28N2O2/c1-16(2)23(27)25-15-7-10-21(25)22(26)24-17(3)18-11-13-20(14-12-18)19-8-5-4-6-9-19/h4-6,8-9,11-14,16-17,21H,7,10,15H2,1-3H3,(H,24,26). The highest BCUT2D eigenvalue weighted by atomic mass is 16.2. The Morgan fingerprint density at radius 1 is 0.963 bits per heavy atom. The number of carbonyl (C=O) groups excluding carboxylic acids is 2. The average molecular weight is 364 g/mol. The Balaban J connectivity index is 1.65. The van der Waals surface area contributed by atoms with E-state index in [0.29, 0.717) is 6.54 Å². The zero-order chi connectivity index (χ0) is 19.4. The molecule has 0 aromatic heterocycles. The molecule has 2 aromatic carbocycles. The van der Waals surface area contributed by atoms with Gasteiger partial charge in [0.2, 0.25) is 11.8 Å². The summed E-state index contributed by atoms with van der Waals surface area (Å²) in [7, 11) is 0. The highest BCUT2D eigenvalue weighted by molar-refractivity contribution is 5.89. The first-order valence-corrected chi connectivity index (χ1v) is 9.73. The van der Waals surface area contributed by atoms with Crippen molar-refractivity contribution >= 4 is 11.8 Å². The molecule has 2 amide bonds. The molecule has 2 aromatic rings. The van der Waals surface area contributed by atoms with Gasteiger partial charge in [0.25, 0.3) is 0 Å². The van der Waals surface area contributed by atoms with E-state index in [4.69, 9.17) is 0 Å². The molecule has 4 nitrogen and oxygen atoms in total. The van der Waals surface area contributed by atoms with E-state index < -0.39 is 0 Å². The molecule has 0 bridgehead atoms. The van der Waals surface area contributed by atoms with E-state index in [2.05, 4.69) is 41.7 Å². The maximum atomic E-state index is 12.7. The minimum absolute atomic E-state index is 0.0545. The molecule has 2 unspecified atom stereocenters. The van der Waals surface area contributed by atoms with Crippen molar-refractivity contribution in [3.63, 3.8) is 0 Å². The second kappa shape index (κ2) is 8.38. The molecule has 0 aliphatic carbocycles. The van der Waals surface area contributed by atoms with Crippen molar-refractivity contribution in [2.75, 3.05) is 6.54 Å². The van der Waals surface area contributed by atoms with E-state index in [-0.39, 0.29) is 29.8 Å². The lowest BCUT2D eigenvalue weighted by atomic mass is 10.0. The first-order chi connectivity index (χ1) is 13.0. The van der Waals surface area contributed by atoms with E-state index in [0.717, 1.165) is 24.0 Å². The molecule has 0 saturated carbocycles. The van der Waals surface area contributed by atoms with Crippen molar-refractivity contribution in [1.29, 1.82) is 0 Å². The van der Waals surface area contributed by atoms with Gasteiger partial charge in [-0.25, -0.2) is 0 Å². The van der Waals surface area contributed by atoms with E-state index in [9.17, 15) is 9.59 Å². The van der Waals surface area contributed by atoms with E-state index >= 15 is 0 Å². The number of rotatable bonds is 5. The maximum absolute atomic E-state index is 12.7. The fourth-order valence-corrected chi connectivity index (χ4v) is 3.62. The Kier molecular flexibility index (Phi) is 5.94. The Hall–Kier alpha value is -2.62. The normalized spacial score (nSPS) is 17.8. The van der Waals surface area contributed by atoms with Crippen LogP contribution in [0.2, 0.25) is 0 Å². The molecular weight excluding hydrogens is 336 g/mol. The minimum Gasteiger partial charge on any atom is -0.348 e. The van der Waals surface area contributed by atoms with Gasteiger partial charge >= 0.3 is 0 Å². The molecule has 1 aliphatic rings. The van der Waals surface area contributed by atoms with Crippen molar-refractivity contribution in [3.05, 3.63) is 60.2 Å². The van der Waals surface area contributed by atoms with E-state index in [1.54, 1.807) is 4.90 Å². The molecule has 142 valence electrons. The van der Waals surface area contributed by atoms with Crippen LogP contribution >= 0.6 is 0 Å². The van der Waals surface area contributed by atoms with E-state index in [1.165, 1.54) is 5.56 Å². The lowest BCUT2D eigenvalue weighted by Crippen LogP contribution is -2.47. The number of amides is 2. The number of nitrogens with one attached hydrogen (secondary N) is 1. The Morgan fingerprint density at radius 2 is 1.59 bits per heavy atom. The Labute approximate surface area is 161 Å². The van der Waals surface area contributed by atoms with Crippen molar-refractivity contribution in [2.24, 2.45) is 5.92 Å². The summed E-state index contributed by atoms with van der Waals surface area (Å²) in [4.78, 5) is 26.8. The first-order valence-electron chi connectivity index (χ1n) is 9.73. The largest absolute Gasteiger partial charge is 0.348 e. The minimum atomic E-state index is -0.342. The maximum Gasteiger partial charge on any atom is 0.243 e. The van der Waals surface area contributed by atoms with Gasteiger partial charge in [-0.1, -0.05) is 68.4 Å². The topological polar surface area (TPSA) is 49.4 Å². The van der Waals surface area contributed by atoms with Gasteiger partial charge in [0.15, 0.2) is 0 Å². The van der Waals surface area contributed by atoms with Crippen LogP contribution < -0.4 is 5.32 Å². The third-order valence-electron chi connectivity index (χ3n) is 5.21. The molecule has 1 saturated heterocycles. The van der Waals surface area contributed by atoms with Crippen LogP contribution in [0.25, 0.3) is 11.1 Å². The molecule has 4 heteroatoms. The second-order valence-electron chi connectivity index (χ2n) is 7.56. The van der Waals surface area contributed by atoms with Crippen molar-refractivity contribution in [3.8, 4) is 11.1 Å². The monoisotopic (exact) mass is 364 g/mol. The molecule has 3 rings (SSSR count). The summed E-state index contributed by atoms with van der Waals surface area (Å²) in [5, 5.41) is 3.09. The number of benzene rings is 2. The van der Waals surface area contributed by atoms with Gasteiger partial charge in [0, 0.05) is 12.5 Å². The average Bonchev–Trinajstić information content (AvgIpc) is 3.18. The molecule has 1 fully saturated rings. The predicted octanol–water partition coefficient (Wildman–Crippen LogP) is 4.18. The van der Waals surface area contributed by atoms with Crippen molar-refractivity contribution in [1.82, 2.24) is 10.2 Å². The number of nitrogens with zero attached hydrogens (tertiary/aromatic N) is 1. The van der Waals surface area contributed by atoms with Gasteiger partial charge in [-0.15, -0.1) is 0 Å². The summed E-state index contributed by atoms with van der Waals surface area (Å²) in [6.45, 7) is 6.42. The zero-order valence-electron chi connectivity index (χ0n) is 16.3. The van der Waals surface area contributed by atoms with Gasteiger partial charge in [-0.3, -0.25) is 9.59 Å². The van der Waals surface area contributed by atoms with Gasteiger partial charge in [0.05, 0.1) is 6.04 Å². The first kappa shape index (κ1) is 19.2. The number of likely N-dealkylation sites (tertiary alicyclic amines) is 1. The summed E-state index contributed by atoms with van der Waals surface area (Å²) in [5.74, 6) is -0.0741. The van der Waals surface area contributed by atoms with Crippen LogP contribution in [0.1, 0.15) is 45.2 Å². The van der Waals surface area contributed by atoms with Crippen molar-refractivity contribution in [2.45, 2.75) is 45.7 Å². The third kappa shape index (κ3) is 4.38. The molecule has 1 aliphatic heterocycles. The highest BCUT2D eigenvalue weighted by Crippen LogP contribution is 2.24. The van der Waals surface area contributed by atoms with Crippen LogP contribution in [0.15, 0.2) is 54.6 Å². The lowest BCUT2D eigenvalue weighted by molar-refractivity contribution is -0.141. The summed E-state index contributed by atoms with van der Waals surface area (Å²) in [6, 6.07) is 18.1. The van der Waals surface area contributed by atoms with Crippen LogP contribution in [0.5, 0.6) is 0 Å². The molecule has 2 atom stereocenters. The van der Waals surface area contributed by atoms with Gasteiger partial charge in [-0.05, 0) is 36.5 Å². The molecule has 1 N–H and O–H groups in total. The molecule has 1 heterocycles. The van der Waals surface area contributed by atoms with Crippen molar-refractivity contribution < 1.29 is 9.59 Å². The number of hydrogen-bond acceptors (Lipinski definition) is 2. The van der Waals surface area contributed by atoms with Crippen LogP contribution in [-0.2, 0) is 9.59 Å². The van der Waals surface area contributed by atoms with Crippen LogP contribution in [-0.4, -0.2) is 29.3 Å². The molecule has 0 spiro atoms.